The highest BCUT2D eigenvalue weighted by Crippen LogP contribution is 2.33. The van der Waals surface area contributed by atoms with Crippen molar-refractivity contribution in [2.45, 2.75) is 45.4 Å². The summed E-state index contributed by atoms with van der Waals surface area (Å²) < 4.78 is 4.53. The van der Waals surface area contributed by atoms with Crippen molar-refractivity contribution in [1.29, 1.82) is 5.26 Å². The second-order valence-corrected chi connectivity index (χ2v) is 8.99. The number of nitriles is 1. The van der Waals surface area contributed by atoms with E-state index in [-0.39, 0.29) is 18.3 Å². The van der Waals surface area contributed by atoms with Gasteiger partial charge in [-0.25, -0.2) is 15.2 Å². The van der Waals surface area contributed by atoms with E-state index in [4.69, 9.17) is 5.26 Å². The number of imidazole rings is 1. The number of pyridine rings is 1. The molecule has 5 rings (SSSR count). The fourth-order valence-corrected chi connectivity index (χ4v) is 5.36. The van der Waals surface area contributed by atoms with Gasteiger partial charge in [0.1, 0.15) is 10.3 Å². The molecule has 0 saturated carbocycles. The van der Waals surface area contributed by atoms with Crippen molar-refractivity contribution in [1.82, 2.24) is 18.9 Å². The minimum Gasteiger partial charge on any atom is -0.306 e. The second kappa shape index (κ2) is 6.85. The molecule has 0 aliphatic carbocycles. The van der Waals surface area contributed by atoms with Crippen LogP contribution in [-0.4, -0.2) is 25.6 Å². The molecule has 4 aromatic heterocycles. The molecule has 1 aliphatic heterocycles. The molecular weight excluding hydrogens is 381 g/mol. The van der Waals surface area contributed by atoms with Crippen LogP contribution in [-0.2, 0) is 0 Å². The van der Waals surface area contributed by atoms with Gasteiger partial charge in [-0.3, -0.25) is 9.36 Å². The molecule has 0 amide bonds. The van der Waals surface area contributed by atoms with Crippen LogP contribution in [0.1, 0.15) is 30.1 Å². The van der Waals surface area contributed by atoms with Crippen molar-refractivity contribution in [2.24, 2.45) is 0 Å². The molecule has 1 aliphatic rings. The summed E-state index contributed by atoms with van der Waals surface area (Å²) in [5.74, 6) is 2.35. The molecule has 0 unspecified atom stereocenters. The Kier molecular flexibility index (Phi) is 4.28. The summed E-state index contributed by atoms with van der Waals surface area (Å²) in [5, 5.41) is 9.11. The Morgan fingerprint density at radius 1 is 1.24 bits per heavy atom. The number of hydrogen-bond acceptors (Lipinski definition) is 5. The van der Waals surface area contributed by atoms with Crippen molar-refractivity contribution >= 4 is 33.9 Å². The van der Waals surface area contributed by atoms with Crippen LogP contribution in [0.3, 0.4) is 0 Å². The third-order valence-corrected chi connectivity index (χ3v) is 7.04. The van der Waals surface area contributed by atoms with Crippen LogP contribution in [0.15, 0.2) is 35.6 Å². The topological polar surface area (TPSA) is 76.0 Å². The average molecular weight is 401 g/mol. The van der Waals surface area contributed by atoms with Crippen molar-refractivity contribution in [3.63, 3.8) is 0 Å². The molecule has 1 fully saturated rings. The number of fused-ring (bicyclic) bond motifs is 2. The lowest BCUT2D eigenvalue weighted by Crippen LogP contribution is -2.29. The molecule has 8 heteroatoms. The van der Waals surface area contributed by atoms with E-state index >= 15 is 0 Å². The Balaban J connectivity index is 1.55. The van der Waals surface area contributed by atoms with Gasteiger partial charge in [-0.15, -0.1) is 11.3 Å². The molecule has 0 N–H and O–H groups in total. The zero-order chi connectivity index (χ0) is 20.1. The van der Waals surface area contributed by atoms with E-state index in [2.05, 4.69) is 35.1 Å². The maximum Gasteiger partial charge on any atom is 0.271 e. The first-order valence-corrected chi connectivity index (χ1v) is 10.7. The minimum absolute atomic E-state index is 0.0305. The Morgan fingerprint density at radius 2 is 2.03 bits per heavy atom. The van der Waals surface area contributed by atoms with Crippen LogP contribution < -0.4 is 5.56 Å². The van der Waals surface area contributed by atoms with Crippen LogP contribution in [0.2, 0.25) is 12.6 Å². The van der Waals surface area contributed by atoms with E-state index in [1.807, 2.05) is 23.6 Å². The molecule has 6 nitrogen and oxygen atoms in total. The van der Waals surface area contributed by atoms with Gasteiger partial charge in [0.05, 0.1) is 17.5 Å². The van der Waals surface area contributed by atoms with E-state index in [9.17, 15) is 4.79 Å². The van der Waals surface area contributed by atoms with Crippen LogP contribution in [0, 0.1) is 25.1 Å². The molecule has 0 spiro atoms. The van der Waals surface area contributed by atoms with Gasteiger partial charge in [0.15, 0.2) is 0 Å². The predicted molar refractivity (Wildman–Crippen MR) is 117 cm³/mol. The maximum atomic E-state index is 13.2. The number of aromatic nitrogens is 4. The van der Waals surface area contributed by atoms with Gasteiger partial charge < -0.3 is 4.40 Å². The summed E-state index contributed by atoms with van der Waals surface area (Å²) in [6.45, 7) is 4.17. The molecular formula is C21H20BN5OS. The first-order valence-electron chi connectivity index (χ1n) is 9.90. The van der Waals surface area contributed by atoms with E-state index in [1.165, 1.54) is 11.3 Å². The van der Waals surface area contributed by atoms with Crippen LogP contribution in [0.25, 0.3) is 26.3 Å². The highest BCUT2D eigenvalue weighted by Gasteiger charge is 2.26. The normalized spacial score (nSPS) is 15.3. The van der Waals surface area contributed by atoms with E-state index in [0.29, 0.717) is 4.70 Å². The molecule has 0 radical (unpaired) electrons. The third-order valence-electron chi connectivity index (χ3n) is 5.88. The first-order chi connectivity index (χ1) is 14.0. The van der Waals surface area contributed by atoms with Gasteiger partial charge in [-0.2, -0.15) is 0 Å². The fraction of sp³-hybridized carbons (Fsp3) is 0.333. The second-order valence-electron chi connectivity index (χ2n) is 7.94. The fourth-order valence-electron chi connectivity index (χ4n) is 4.34. The largest absolute Gasteiger partial charge is 0.306 e. The monoisotopic (exact) mass is 401 g/mol. The lowest BCUT2D eigenvalue weighted by Gasteiger charge is -2.24. The molecule has 4 aromatic rings. The van der Waals surface area contributed by atoms with Gasteiger partial charge in [0.25, 0.3) is 12.3 Å². The number of rotatable bonds is 2. The van der Waals surface area contributed by atoms with Gasteiger partial charge in [-0.1, -0.05) is 12.6 Å². The molecule has 144 valence electrons. The summed E-state index contributed by atoms with van der Waals surface area (Å²) in [4.78, 5) is 23.3. The Morgan fingerprint density at radius 3 is 2.79 bits per heavy atom. The minimum atomic E-state index is 0.0305. The summed E-state index contributed by atoms with van der Waals surface area (Å²) >= 11 is 1.50. The molecule has 5 heterocycles. The summed E-state index contributed by atoms with van der Waals surface area (Å²) in [6.07, 6.45) is 9.19. The summed E-state index contributed by atoms with van der Waals surface area (Å²) in [6, 6.07) is 4.26. The zero-order valence-electron chi connectivity index (χ0n) is 16.4. The highest BCUT2D eigenvalue weighted by atomic mass is 32.1. The number of hydrogen-bond donors (Lipinski definition) is 0. The zero-order valence-corrected chi connectivity index (χ0v) is 17.2. The van der Waals surface area contributed by atoms with Crippen molar-refractivity contribution in [2.75, 3.05) is 0 Å². The molecule has 0 atom stereocenters. The van der Waals surface area contributed by atoms with Crippen LogP contribution in [0.5, 0.6) is 0 Å². The van der Waals surface area contributed by atoms with Gasteiger partial charge >= 0.3 is 0 Å². The van der Waals surface area contributed by atoms with E-state index in [1.54, 1.807) is 10.9 Å². The Bertz CT molecular complexity index is 1340. The van der Waals surface area contributed by atoms with E-state index < -0.39 is 0 Å². The summed E-state index contributed by atoms with van der Waals surface area (Å²) in [5.41, 5.74) is 4.89. The van der Waals surface area contributed by atoms with Crippen molar-refractivity contribution in [3.05, 3.63) is 52.5 Å². The first kappa shape index (κ1) is 18.1. The van der Waals surface area contributed by atoms with Crippen LogP contribution >= 0.6 is 11.3 Å². The lowest BCUT2D eigenvalue weighted by molar-refractivity contribution is 0.440. The average Bonchev–Trinajstić information content (AvgIpc) is 3.32. The maximum absolute atomic E-state index is 13.2. The summed E-state index contributed by atoms with van der Waals surface area (Å²) in [7, 11) is 0. The van der Waals surface area contributed by atoms with Crippen LogP contribution in [0.4, 0.5) is 0 Å². The molecule has 0 bridgehead atoms. The van der Waals surface area contributed by atoms with Crippen molar-refractivity contribution in [3.8, 4) is 16.4 Å². The molecule has 0 aromatic carbocycles. The number of nitrogens with zero attached hydrogens (tertiary/aromatic N) is 5. The van der Waals surface area contributed by atoms with Crippen molar-refractivity contribution < 1.29 is 0 Å². The highest BCUT2D eigenvalue weighted by molar-refractivity contribution is 7.22. The molecule has 29 heavy (non-hydrogen) atoms. The number of aryl methyl sites for hydroxylation is 2. The van der Waals surface area contributed by atoms with Gasteiger partial charge in [0.2, 0.25) is 0 Å². The van der Waals surface area contributed by atoms with Gasteiger partial charge in [0, 0.05) is 34.8 Å². The smallest absolute Gasteiger partial charge is 0.271 e. The third kappa shape index (κ3) is 3.06. The lowest BCUT2D eigenvalue weighted by atomic mass is 9.42. The predicted octanol–water partition coefficient (Wildman–Crippen LogP) is 4.28. The SMILES string of the molecule is Cc1cn2cc(-c3cc4ncn(C5CCB(C#N)CC5)c(=O)c4s3)cc(C)c2n1. The van der Waals surface area contributed by atoms with E-state index in [0.717, 1.165) is 58.3 Å². The Hall–Kier alpha value is -2.92. The van der Waals surface area contributed by atoms with Gasteiger partial charge in [-0.05, 0) is 44.4 Å². The standard InChI is InChI=1S/C21H20BN5OS/c1-13-7-15(10-26-9-14(2)25-20(13)26)18-8-17-19(29-18)21(28)27(12-24-17)16-3-5-22(11-23)6-4-16/h7-10,12,16H,3-6H2,1-2H3. The number of thiophene rings is 1. The molecule has 1 saturated heterocycles. The Labute approximate surface area is 172 Å². The quantitative estimate of drug-likeness (QED) is 0.470.